The number of rotatable bonds is 3. The van der Waals surface area contributed by atoms with Crippen molar-refractivity contribution in [3.05, 3.63) is 29.3 Å². The summed E-state index contributed by atoms with van der Waals surface area (Å²) in [4.78, 5) is 37.4. The van der Waals surface area contributed by atoms with E-state index in [0.717, 1.165) is 16.0 Å². The molecular formula is C16H20N2O3S. The van der Waals surface area contributed by atoms with Gasteiger partial charge < -0.3 is 5.32 Å². The Morgan fingerprint density at radius 1 is 1.18 bits per heavy atom. The highest BCUT2D eigenvalue weighted by Gasteiger charge is 2.38. The number of benzene rings is 1. The molecule has 118 valence electrons. The van der Waals surface area contributed by atoms with Crippen molar-refractivity contribution in [2.24, 2.45) is 0 Å². The lowest BCUT2D eigenvalue weighted by Crippen LogP contribution is -2.52. The topological polar surface area (TPSA) is 66.5 Å². The number of carbonyl (C=O) groups is 3. The quantitative estimate of drug-likeness (QED) is 0.866. The van der Waals surface area contributed by atoms with Gasteiger partial charge in [-0.05, 0) is 44.9 Å². The van der Waals surface area contributed by atoms with Gasteiger partial charge in [-0.2, -0.15) is 0 Å². The summed E-state index contributed by atoms with van der Waals surface area (Å²) in [7, 11) is 0. The van der Waals surface area contributed by atoms with Gasteiger partial charge in [0, 0.05) is 5.69 Å². The molecule has 5 nitrogen and oxygen atoms in total. The predicted octanol–water partition coefficient (Wildman–Crippen LogP) is 2.12. The van der Waals surface area contributed by atoms with E-state index in [4.69, 9.17) is 0 Å². The van der Waals surface area contributed by atoms with Crippen molar-refractivity contribution in [1.29, 1.82) is 0 Å². The monoisotopic (exact) mass is 320 g/mol. The first-order chi connectivity index (χ1) is 10.3. The van der Waals surface area contributed by atoms with Gasteiger partial charge in [0.2, 0.25) is 17.7 Å². The number of aryl methyl sites for hydroxylation is 2. The second kappa shape index (κ2) is 6.52. The zero-order chi connectivity index (χ0) is 16.4. The first kappa shape index (κ1) is 16.5. The molecule has 1 fully saturated rings. The lowest BCUT2D eigenvalue weighted by molar-refractivity contribution is -0.147. The third-order valence-electron chi connectivity index (χ3n) is 3.60. The minimum absolute atomic E-state index is 0.236. The Hall–Kier alpha value is -1.82. The fourth-order valence-corrected chi connectivity index (χ4v) is 3.43. The maximum atomic E-state index is 12.2. The second-order valence-corrected chi connectivity index (χ2v) is 7.24. The number of amides is 3. The fraction of sp³-hybridized carbons (Fsp3) is 0.438. The number of nitrogens with zero attached hydrogens (tertiary/aromatic N) is 1. The highest BCUT2D eigenvalue weighted by atomic mass is 32.2. The van der Waals surface area contributed by atoms with Crippen LogP contribution in [0, 0.1) is 13.8 Å². The van der Waals surface area contributed by atoms with Crippen molar-refractivity contribution < 1.29 is 14.4 Å². The van der Waals surface area contributed by atoms with Crippen LogP contribution in [0.3, 0.4) is 0 Å². The summed E-state index contributed by atoms with van der Waals surface area (Å²) in [6, 6.07) is 5.75. The Kier molecular flexibility index (Phi) is 4.90. The Bertz CT molecular complexity index is 610. The summed E-state index contributed by atoms with van der Waals surface area (Å²) in [6.45, 7) is 7.11. The second-order valence-electron chi connectivity index (χ2n) is 5.55. The van der Waals surface area contributed by atoms with E-state index in [9.17, 15) is 14.4 Å². The fourth-order valence-electron chi connectivity index (χ4n) is 2.33. The number of carbonyl (C=O) groups excluding carboxylic acids is 3. The van der Waals surface area contributed by atoms with Gasteiger partial charge in [0.15, 0.2) is 0 Å². The van der Waals surface area contributed by atoms with Crippen LogP contribution in [0.4, 0.5) is 5.69 Å². The van der Waals surface area contributed by atoms with Crippen molar-refractivity contribution in [1.82, 2.24) is 4.90 Å². The molecule has 2 rings (SSSR count). The molecule has 1 aliphatic rings. The maximum absolute atomic E-state index is 12.2. The minimum atomic E-state index is -0.360. The Balaban J connectivity index is 2.09. The molecule has 0 spiro atoms. The molecule has 0 bridgehead atoms. The highest BCUT2D eigenvalue weighted by Crippen LogP contribution is 2.27. The third-order valence-corrected chi connectivity index (χ3v) is 4.82. The Morgan fingerprint density at radius 2 is 1.77 bits per heavy atom. The summed E-state index contributed by atoms with van der Waals surface area (Å²) >= 11 is 1.32. The van der Waals surface area contributed by atoms with Crippen LogP contribution in [0.15, 0.2) is 18.2 Å². The Morgan fingerprint density at radius 3 is 2.36 bits per heavy atom. The average molecular weight is 320 g/mol. The van der Waals surface area contributed by atoms with Gasteiger partial charge in [-0.25, -0.2) is 0 Å². The molecule has 2 atom stereocenters. The maximum Gasteiger partial charge on any atom is 0.244 e. The smallest absolute Gasteiger partial charge is 0.244 e. The van der Waals surface area contributed by atoms with E-state index in [1.165, 1.54) is 11.8 Å². The van der Waals surface area contributed by atoms with Gasteiger partial charge in [-0.15, -0.1) is 11.8 Å². The standard InChI is InChI=1S/C16H20N2O3S/c1-9-5-6-10(2)13(7-9)17-14(19)8-18-15(20)11(3)22-12(4)16(18)21/h5-7,11-12H,8H2,1-4H3,(H,17,19)/t11-,12+. The molecule has 1 aromatic rings. The van der Waals surface area contributed by atoms with Crippen LogP contribution in [-0.4, -0.2) is 39.7 Å². The average Bonchev–Trinajstić information content (AvgIpc) is 2.45. The molecule has 1 heterocycles. The van der Waals surface area contributed by atoms with Crippen molar-refractivity contribution in [3.63, 3.8) is 0 Å². The predicted molar refractivity (Wildman–Crippen MR) is 87.8 cm³/mol. The number of hydrogen-bond acceptors (Lipinski definition) is 4. The molecule has 1 aromatic carbocycles. The summed E-state index contributed by atoms with van der Waals surface area (Å²) in [6.07, 6.45) is 0. The lowest BCUT2D eigenvalue weighted by atomic mass is 10.1. The molecule has 22 heavy (non-hydrogen) atoms. The van der Waals surface area contributed by atoms with E-state index in [1.54, 1.807) is 13.8 Å². The van der Waals surface area contributed by atoms with Crippen LogP contribution in [0.1, 0.15) is 25.0 Å². The van der Waals surface area contributed by atoms with Gasteiger partial charge >= 0.3 is 0 Å². The number of thioether (sulfide) groups is 1. The number of nitrogens with one attached hydrogen (secondary N) is 1. The normalized spacial score (nSPS) is 21.9. The van der Waals surface area contributed by atoms with Crippen molar-refractivity contribution >= 4 is 35.2 Å². The van der Waals surface area contributed by atoms with Crippen molar-refractivity contribution in [2.45, 2.75) is 38.2 Å². The van der Waals surface area contributed by atoms with Gasteiger partial charge in [-0.1, -0.05) is 12.1 Å². The van der Waals surface area contributed by atoms with E-state index < -0.39 is 0 Å². The van der Waals surface area contributed by atoms with E-state index in [1.807, 2.05) is 32.0 Å². The summed E-state index contributed by atoms with van der Waals surface area (Å²) < 4.78 is 0. The van der Waals surface area contributed by atoms with E-state index in [-0.39, 0.29) is 34.8 Å². The largest absolute Gasteiger partial charge is 0.324 e. The van der Waals surface area contributed by atoms with E-state index in [2.05, 4.69) is 5.32 Å². The minimum Gasteiger partial charge on any atom is -0.324 e. The van der Waals surface area contributed by atoms with Gasteiger partial charge in [0.05, 0.1) is 10.5 Å². The zero-order valence-corrected chi connectivity index (χ0v) is 14.0. The molecule has 1 saturated heterocycles. The molecule has 1 aliphatic heterocycles. The molecule has 0 radical (unpaired) electrons. The molecule has 0 unspecified atom stereocenters. The summed E-state index contributed by atoms with van der Waals surface area (Å²) in [5.74, 6) is -0.963. The van der Waals surface area contributed by atoms with Crippen LogP contribution in [-0.2, 0) is 14.4 Å². The van der Waals surface area contributed by atoms with Gasteiger partial charge in [-0.3, -0.25) is 19.3 Å². The van der Waals surface area contributed by atoms with Crippen molar-refractivity contribution in [3.8, 4) is 0 Å². The molecule has 3 amide bonds. The van der Waals surface area contributed by atoms with Crippen LogP contribution in [0.5, 0.6) is 0 Å². The number of hydrogen-bond donors (Lipinski definition) is 1. The SMILES string of the molecule is Cc1ccc(C)c(NC(=O)CN2C(=O)[C@H](C)S[C@H](C)C2=O)c1. The first-order valence-electron chi connectivity index (χ1n) is 7.17. The van der Waals surface area contributed by atoms with Crippen LogP contribution in [0.2, 0.25) is 0 Å². The molecule has 1 N–H and O–H groups in total. The third kappa shape index (κ3) is 3.50. The molecule has 6 heteroatoms. The molecule has 0 aromatic heterocycles. The zero-order valence-electron chi connectivity index (χ0n) is 13.2. The summed E-state index contributed by atoms with van der Waals surface area (Å²) in [5.41, 5.74) is 2.68. The Labute approximate surface area is 134 Å². The van der Waals surface area contributed by atoms with Crippen LogP contribution < -0.4 is 5.32 Å². The molecule has 0 aliphatic carbocycles. The van der Waals surface area contributed by atoms with Gasteiger partial charge in [0.1, 0.15) is 6.54 Å². The summed E-state index contributed by atoms with van der Waals surface area (Å²) in [5, 5.41) is 2.17. The molecular weight excluding hydrogens is 300 g/mol. The number of imide groups is 1. The molecule has 0 saturated carbocycles. The van der Waals surface area contributed by atoms with Crippen molar-refractivity contribution in [2.75, 3.05) is 11.9 Å². The van der Waals surface area contributed by atoms with Gasteiger partial charge in [0.25, 0.3) is 0 Å². The highest BCUT2D eigenvalue weighted by molar-refractivity contribution is 8.02. The lowest BCUT2D eigenvalue weighted by Gasteiger charge is -2.31. The van der Waals surface area contributed by atoms with E-state index >= 15 is 0 Å². The van der Waals surface area contributed by atoms with Crippen LogP contribution in [0.25, 0.3) is 0 Å². The van der Waals surface area contributed by atoms with Crippen LogP contribution >= 0.6 is 11.8 Å². The van der Waals surface area contributed by atoms with E-state index in [0.29, 0.717) is 5.69 Å². The number of anilines is 1. The first-order valence-corrected chi connectivity index (χ1v) is 8.11.